The van der Waals surface area contributed by atoms with Crippen LogP contribution in [0.2, 0.25) is 0 Å². The molecule has 0 radical (unpaired) electrons. The van der Waals surface area contributed by atoms with Crippen molar-refractivity contribution in [1.82, 2.24) is 10.9 Å². The summed E-state index contributed by atoms with van der Waals surface area (Å²) in [5.41, 5.74) is 7.73. The molecule has 3 heteroatoms. The average molecular weight is 208 g/mol. The molecule has 0 aliphatic rings. The molecule has 2 N–H and O–H groups in total. The van der Waals surface area contributed by atoms with E-state index in [1.807, 2.05) is 18.2 Å². The van der Waals surface area contributed by atoms with E-state index in [-0.39, 0.29) is 0 Å². The Morgan fingerprint density at radius 3 is 2.40 bits per heavy atom. The van der Waals surface area contributed by atoms with Crippen LogP contribution in [0.5, 0.6) is 0 Å². The first kappa shape index (κ1) is 12.2. The van der Waals surface area contributed by atoms with Gasteiger partial charge in [0.05, 0.1) is 6.61 Å². The molecule has 1 aromatic rings. The smallest absolute Gasteiger partial charge is 0.0626 e. The van der Waals surface area contributed by atoms with Gasteiger partial charge in [-0.05, 0) is 19.4 Å². The predicted molar refractivity (Wildman–Crippen MR) is 62.5 cm³/mol. The first-order valence-electron chi connectivity index (χ1n) is 5.29. The second-order valence-electron chi connectivity index (χ2n) is 3.78. The van der Waals surface area contributed by atoms with Crippen LogP contribution < -0.4 is 10.9 Å². The molecule has 2 atom stereocenters. The summed E-state index contributed by atoms with van der Waals surface area (Å²) in [6.07, 6.45) is 0. The fourth-order valence-corrected chi connectivity index (χ4v) is 1.38. The van der Waals surface area contributed by atoms with E-state index in [1.54, 1.807) is 7.11 Å². The van der Waals surface area contributed by atoms with Crippen molar-refractivity contribution in [3.05, 3.63) is 35.9 Å². The van der Waals surface area contributed by atoms with Gasteiger partial charge in [-0.15, -0.1) is 0 Å². The van der Waals surface area contributed by atoms with Crippen molar-refractivity contribution in [2.75, 3.05) is 13.7 Å². The summed E-state index contributed by atoms with van der Waals surface area (Å²) >= 11 is 0. The van der Waals surface area contributed by atoms with Gasteiger partial charge in [0, 0.05) is 19.2 Å². The summed E-state index contributed by atoms with van der Waals surface area (Å²) in [5, 5.41) is 0. The molecule has 0 aromatic heterocycles. The van der Waals surface area contributed by atoms with Crippen molar-refractivity contribution in [2.24, 2.45) is 0 Å². The minimum atomic E-state index is 0.297. The maximum absolute atomic E-state index is 5.04. The van der Waals surface area contributed by atoms with Gasteiger partial charge >= 0.3 is 0 Å². The largest absolute Gasteiger partial charge is 0.383 e. The molecule has 15 heavy (non-hydrogen) atoms. The van der Waals surface area contributed by atoms with E-state index in [9.17, 15) is 0 Å². The molecule has 0 aliphatic heterocycles. The fourth-order valence-electron chi connectivity index (χ4n) is 1.38. The fraction of sp³-hybridized carbons (Fsp3) is 0.500. The van der Waals surface area contributed by atoms with Gasteiger partial charge in [-0.2, -0.15) is 0 Å². The first-order valence-corrected chi connectivity index (χ1v) is 5.29. The number of hydrogen-bond donors (Lipinski definition) is 2. The number of rotatable bonds is 6. The number of nitrogens with one attached hydrogen (secondary N) is 2. The summed E-state index contributed by atoms with van der Waals surface area (Å²) < 4.78 is 5.04. The second-order valence-corrected chi connectivity index (χ2v) is 3.78. The molecule has 0 heterocycles. The lowest BCUT2D eigenvalue weighted by Gasteiger charge is -2.19. The van der Waals surface area contributed by atoms with Gasteiger partial charge in [-0.25, -0.2) is 0 Å². The number of hydrazine groups is 1. The van der Waals surface area contributed by atoms with Crippen LogP contribution in [0.4, 0.5) is 0 Å². The van der Waals surface area contributed by atoms with Gasteiger partial charge in [0.15, 0.2) is 0 Å². The van der Waals surface area contributed by atoms with E-state index >= 15 is 0 Å². The van der Waals surface area contributed by atoms with Crippen LogP contribution in [0.1, 0.15) is 25.5 Å². The van der Waals surface area contributed by atoms with Crippen LogP contribution in [0, 0.1) is 0 Å². The zero-order valence-corrected chi connectivity index (χ0v) is 9.66. The highest BCUT2D eigenvalue weighted by Crippen LogP contribution is 2.09. The highest BCUT2D eigenvalue weighted by molar-refractivity contribution is 5.17. The molecule has 0 amide bonds. The Bertz CT molecular complexity index is 264. The topological polar surface area (TPSA) is 33.3 Å². The minimum Gasteiger partial charge on any atom is -0.383 e. The Morgan fingerprint density at radius 2 is 1.80 bits per heavy atom. The number of hydrogen-bond acceptors (Lipinski definition) is 3. The zero-order valence-electron chi connectivity index (χ0n) is 9.66. The van der Waals surface area contributed by atoms with Gasteiger partial charge in [0.1, 0.15) is 0 Å². The average Bonchev–Trinajstić information content (AvgIpc) is 2.27. The standard InChI is InChI=1S/C12H20N2O/c1-10(9-15-3)13-14-11(2)12-7-5-4-6-8-12/h4-8,10-11,13-14H,9H2,1-3H3/t10-,11+/m1/s1. The van der Waals surface area contributed by atoms with Gasteiger partial charge in [0.2, 0.25) is 0 Å². The number of methoxy groups -OCH3 is 1. The van der Waals surface area contributed by atoms with Gasteiger partial charge in [-0.1, -0.05) is 30.3 Å². The monoisotopic (exact) mass is 208 g/mol. The summed E-state index contributed by atoms with van der Waals surface area (Å²) in [5.74, 6) is 0. The van der Waals surface area contributed by atoms with Gasteiger partial charge < -0.3 is 4.74 Å². The van der Waals surface area contributed by atoms with E-state index in [4.69, 9.17) is 4.74 Å². The lowest BCUT2D eigenvalue weighted by atomic mass is 10.1. The van der Waals surface area contributed by atoms with Crippen molar-refractivity contribution >= 4 is 0 Å². The first-order chi connectivity index (χ1) is 7.24. The normalized spacial score (nSPS) is 14.9. The molecule has 0 bridgehead atoms. The van der Waals surface area contributed by atoms with Crippen LogP contribution in [0.15, 0.2) is 30.3 Å². The summed E-state index contributed by atoms with van der Waals surface area (Å²) in [4.78, 5) is 0. The molecule has 0 spiro atoms. The van der Waals surface area contributed by atoms with Crippen molar-refractivity contribution in [1.29, 1.82) is 0 Å². The van der Waals surface area contributed by atoms with Crippen LogP contribution >= 0.6 is 0 Å². The van der Waals surface area contributed by atoms with Crippen molar-refractivity contribution < 1.29 is 4.74 Å². The quantitative estimate of drug-likeness (QED) is 0.700. The Hall–Kier alpha value is -0.900. The third-order valence-corrected chi connectivity index (χ3v) is 2.26. The third-order valence-electron chi connectivity index (χ3n) is 2.26. The summed E-state index contributed by atoms with van der Waals surface area (Å²) in [6.45, 7) is 4.91. The molecule has 0 saturated carbocycles. The summed E-state index contributed by atoms with van der Waals surface area (Å²) in [7, 11) is 1.71. The van der Waals surface area contributed by atoms with Crippen LogP contribution in [-0.4, -0.2) is 19.8 Å². The zero-order chi connectivity index (χ0) is 11.1. The Kier molecular flexibility index (Phi) is 5.32. The van der Waals surface area contributed by atoms with Crippen LogP contribution in [0.25, 0.3) is 0 Å². The molecule has 1 rings (SSSR count). The van der Waals surface area contributed by atoms with Crippen LogP contribution in [0.3, 0.4) is 0 Å². The van der Waals surface area contributed by atoms with Gasteiger partial charge in [0.25, 0.3) is 0 Å². The van der Waals surface area contributed by atoms with Crippen molar-refractivity contribution in [3.63, 3.8) is 0 Å². The van der Waals surface area contributed by atoms with Crippen LogP contribution in [-0.2, 0) is 4.74 Å². The molecule has 84 valence electrons. The molecule has 1 aromatic carbocycles. The molecule has 0 unspecified atom stereocenters. The molecular formula is C12H20N2O. The Morgan fingerprint density at radius 1 is 1.13 bits per heavy atom. The van der Waals surface area contributed by atoms with E-state index in [0.717, 1.165) is 0 Å². The maximum Gasteiger partial charge on any atom is 0.0626 e. The third kappa shape index (κ3) is 4.42. The second kappa shape index (κ2) is 6.56. The predicted octanol–water partition coefficient (Wildman–Crippen LogP) is 1.88. The Labute approximate surface area is 91.8 Å². The Balaban J connectivity index is 2.33. The number of benzene rings is 1. The number of ether oxygens (including phenoxy) is 1. The highest BCUT2D eigenvalue weighted by Gasteiger charge is 2.05. The van der Waals surface area contributed by atoms with Crippen molar-refractivity contribution in [2.45, 2.75) is 25.9 Å². The van der Waals surface area contributed by atoms with E-state index < -0.39 is 0 Å². The molecular weight excluding hydrogens is 188 g/mol. The lowest BCUT2D eigenvalue weighted by Crippen LogP contribution is -2.42. The van der Waals surface area contributed by atoms with Crippen molar-refractivity contribution in [3.8, 4) is 0 Å². The lowest BCUT2D eigenvalue weighted by molar-refractivity contribution is 0.163. The molecule has 3 nitrogen and oxygen atoms in total. The summed E-state index contributed by atoms with van der Waals surface area (Å²) in [6, 6.07) is 10.9. The van der Waals surface area contributed by atoms with E-state index in [1.165, 1.54) is 5.56 Å². The van der Waals surface area contributed by atoms with Gasteiger partial charge in [-0.3, -0.25) is 10.9 Å². The van der Waals surface area contributed by atoms with E-state index in [0.29, 0.717) is 18.7 Å². The SMILES string of the molecule is COC[C@@H](C)NN[C@@H](C)c1ccccc1. The molecule has 0 fully saturated rings. The molecule has 0 saturated heterocycles. The van der Waals surface area contributed by atoms with E-state index in [2.05, 4.69) is 36.8 Å². The minimum absolute atomic E-state index is 0.297. The maximum atomic E-state index is 5.04. The highest BCUT2D eigenvalue weighted by atomic mass is 16.5. The molecule has 0 aliphatic carbocycles.